The van der Waals surface area contributed by atoms with Gasteiger partial charge in [0.2, 0.25) is 5.96 Å². The first-order valence-electron chi connectivity index (χ1n) is 7.63. The lowest BCUT2D eigenvalue weighted by atomic mass is 10.0. The molecule has 5 nitrogen and oxygen atoms in total. The van der Waals surface area contributed by atoms with E-state index in [0.717, 1.165) is 42.6 Å². The number of allylic oxidation sites excluding steroid dienone is 1. The molecule has 0 bridgehead atoms. The van der Waals surface area contributed by atoms with Crippen LogP contribution in [0.5, 0.6) is 0 Å². The largest absolute Gasteiger partial charge is 0.330 e. The van der Waals surface area contributed by atoms with E-state index in [0.29, 0.717) is 0 Å². The normalized spacial score (nSPS) is 21.5. The van der Waals surface area contributed by atoms with Crippen LogP contribution in [0.1, 0.15) is 45.7 Å². The molecule has 1 aliphatic rings. The van der Waals surface area contributed by atoms with Gasteiger partial charge in [0.05, 0.1) is 5.69 Å². The molecular weight excluding hydrogens is 282 g/mol. The number of hydrogen-bond acceptors (Lipinski definition) is 6. The Bertz CT molecular complexity index is 534. The van der Waals surface area contributed by atoms with E-state index < -0.39 is 0 Å². The first-order valence-corrected chi connectivity index (χ1v) is 8.51. The molecule has 0 saturated carbocycles. The van der Waals surface area contributed by atoms with Crippen molar-refractivity contribution in [2.75, 3.05) is 11.9 Å². The average Bonchev–Trinajstić information content (AvgIpc) is 2.84. The molecule has 2 heterocycles. The number of aliphatic imine (C=N–C) groups is 1. The second-order valence-electron chi connectivity index (χ2n) is 5.23. The zero-order chi connectivity index (χ0) is 15.3. The van der Waals surface area contributed by atoms with Crippen LogP contribution in [0.4, 0.5) is 5.13 Å². The number of hydrogen-bond donors (Lipinski definition) is 3. The van der Waals surface area contributed by atoms with Crippen LogP contribution in [-0.4, -0.2) is 23.2 Å². The quantitative estimate of drug-likeness (QED) is 0.755. The molecule has 0 aliphatic carbocycles. The van der Waals surface area contributed by atoms with E-state index in [-0.39, 0.29) is 5.66 Å². The average molecular weight is 307 g/mol. The number of aromatic nitrogens is 1. The van der Waals surface area contributed by atoms with E-state index >= 15 is 0 Å². The zero-order valence-electron chi connectivity index (χ0n) is 13.3. The van der Waals surface area contributed by atoms with Gasteiger partial charge >= 0.3 is 0 Å². The summed E-state index contributed by atoms with van der Waals surface area (Å²) in [6.07, 6.45) is 5.26. The van der Waals surface area contributed by atoms with Crippen molar-refractivity contribution in [3.8, 4) is 0 Å². The van der Waals surface area contributed by atoms with Crippen molar-refractivity contribution >= 4 is 22.4 Å². The van der Waals surface area contributed by atoms with Crippen molar-refractivity contribution in [3.05, 3.63) is 22.8 Å². The fraction of sp³-hybridized carbons (Fsp3) is 0.600. The van der Waals surface area contributed by atoms with Crippen LogP contribution in [0.2, 0.25) is 0 Å². The molecule has 21 heavy (non-hydrogen) atoms. The molecule has 0 fully saturated rings. The summed E-state index contributed by atoms with van der Waals surface area (Å²) >= 11 is 1.60. The zero-order valence-corrected chi connectivity index (χ0v) is 14.1. The van der Waals surface area contributed by atoms with Crippen LogP contribution in [0.25, 0.3) is 0 Å². The third-order valence-corrected chi connectivity index (χ3v) is 4.26. The summed E-state index contributed by atoms with van der Waals surface area (Å²) in [5.41, 5.74) is 1.92. The Hall–Kier alpha value is -1.40. The molecule has 2 rings (SSSR count). The molecule has 1 atom stereocenters. The van der Waals surface area contributed by atoms with Gasteiger partial charge in [0.1, 0.15) is 5.66 Å². The van der Waals surface area contributed by atoms with E-state index in [1.54, 1.807) is 11.3 Å². The predicted octanol–water partition coefficient (Wildman–Crippen LogP) is 3.22. The lowest BCUT2D eigenvalue weighted by Gasteiger charge is -2.33. The fourth-order valence-electron chi connectivity index (χ4n) is 2.41. The summed E-state index contributed by atoms with van der Waals surface area (Å²) in [4.78, 5) is 9.27. The molecule has 3 N–H and O–H groups in total. The number of nitrogens with one attached hydrogen (secondary N) is 3. The minimum Gasteiger partial charge on any atom is -0.330 e. The number of rotatable bonds is 6. The third-order valence-electron chi connectivity index (χ3n) is 3.39. The van der Waals surface area contributed by atoms with E-state index in [2.05, 4.69) is 47.8 Å². The predicted molar refractivity (Wildman–Crippen MR) is 90.7 cm³/mol. The number of thiazole rings is 1. The number of nitrogens with zero attached hydrogens (tertiary/aromatic N) is 2. The molecule has 6 heteroatoms. The summed E-state index contributed by atoms with van der Waals surface area (Å²) in [6.45, 7) is 9.33. The van der Waals surface area contributed by atoms with Crippen LogP contribution in [-0.2, 0) is 0 Å². The molecule has 0 saturated heterocycles. The van der Waals surface area contributed by atoms with E-state index in [1.807, 2.05) is 12.3 Å². The molecule has 1 aromatic heterocycles. The third kappa shape index (κ3) is 4.04. The van der Waals surface area contributed by atoms with Crippen LogP contribution in [0.15, 0.2) is 22.1 Å². The Morgan fingerprint density at radius 3 is 2.71 bits per heavy atom. The summed E-state index contributed by atoms with van der Waals surface area (Å²) in [5, 5.41) is 13.1. The van der Waals surface area contributed by atoms with Gasteiger partial charge in [0.15, 0.2) is 5.13 Å². The maximum atomic E-state index is 4.83. The van der Waals surface area contributed by atoms with E-state index in [9.17, 15) is 0 Å². The molecular formula is C15H25N5S. The van der Waals surface area contributed by atoms with Crippen molar-refractivity contribution in [1.82, 2.24) is 15.6 Å². The smallest absolute Gasteiger partial charge is 0.204 e. The number of guanidine groups is 1. The monoisotopic (exact) mass is 307 g/mol. The van der Waals surface area contributed by atoms with Crippen molar-refractivity contribution in [2.24, 2.45) is 4.99 Å². The molecule has 1 aliphatic heterocycles. The molecule has 116 valence electrons. The Kier molecular flexibility index (Phi) is 5.36. The molecule has 0 radical (unpaired) electrons. The van der Waals surface area contributed by atoms with Crippen LogP contribution < -0.4 is 16.0 Å². The second kappa shape index (κ2) is 7.04. The summed E-state index contributed by atoms with van der Waals surface area (Å²) in [5.74, 6) is 0.776. The van der Waals surface area contributed by atoms with Crippen LogP contribution in [0, 0.1) is 6.92 Å². The first-order chi connectivity index (χ1) is 10.1. The van der Waals surface area contributed by atoms with Gasteiger partial charge in [-0.05, 0) is 32.4 Å². The van der Waals surface area contributed by atoms with Crippen molar-refractivity contribution < 1.29 is 0 Å². The van der Waals surface area contributed by atoms with Gasteiger partial charge in [-0.2, -0.15) is 0 Å². The summed E-state index contributed by atoms with van der Waals surface area (Å²) in [7, 11) is 0. The Morgan fingerprint density at radius 1 is 1.33 bits per heavy atom. The second-order valence-corrected chi connectivity index (χ2v) is 6.09. The first kappa shape index (κ1) is 16.0. The van der Waals surface area contributed by atoms with Crippen LogP contribution in [0.3, 0.4) is 0 Å². The highest BCUT2D eigenvalue weighted by atomic mass is 32.1. The van der Waals surface area contributed by atoms with Gasteiger partial charge in [0, 0.05) is 11.1 Å². The highest BCUT2D eigenvalue weighted by Gasteiger charge is 2.29. The van der Waals surface area contributed by atoms with Crippen molar-refractivity contribution in [1.29, 1.82) is 0 Å². The highest BCUT2D eigenvalue weighted by molar-refractivity contribution is 7.13. The topological polar surface area (TPSA) is 61.3 Å². The Labute approximate surface area is 131 Å². The van der Waals surface area contributed by atoms with Gasteiger partial charge in [-0.1, -0.05) is 27.2 Å². The fourth-order valence-corrected chi connectivity index (χ4v) is 3.10. The van der Waals surface area contributed by atoms with E-state index in [1.165, 1.54) is 5.70 Å². The minimum atomic E-state index is -0.320. The maximum Gasteiger partial charge on any atom is 0.204 e. The number of likely N-dealkylation sites (N-methyl/N-ethyl adjacent to an activating group) is 1. The van der Waals surface area contributed by atoms with Crippen LogP contribution >= 0.6 is 11.3 Å². The standard InChI is InChI=1S/C15H25N5S/c1-5-8-12-9-15(6-2,16-7-3)20-13(18-12)19-14-17-11(4)10-21-14/h9-10,16H,5-8H2,1-4H3,(H2,17,18,19,20). The molecule has 0 aromatic carbocycles. The molecule has 1 unspecified atom stereocenters. The van der Waals surface area contributed by atoms with Gasteiger partial charge in [-0.3, -0.25) is 5.32 Å². The van der Waals surface area contributed by atoms with Gasteiger partial charge in [0.25, 0.3) is 0 Å². The Morgan fingerprint density at radius 2 is 2.14 bits per heavy atom. The minimum absolute atomic E-state index is 0.320. The van der Waals surface area contributed by atoms with E-state index in [4.69, 9.17) is 4.99 Å². The lowest BCUT2D eigenvalue weighted by Crippen LogP contribution is -2.48. The van der Waals surface area contributed by atoms with Gasteiger partial charge in [-0.25, -0.2) is 9.98 Å². The number of aryl methyl sites for hydroxylation is 1. The van der Waals surface area contributed by atoms with Gasteiger partial charge in [-0.15, -0.1) is 11.3 Å². The summed E-state index contributed by atoms with van der Waals surface area (Å²) in [6, 6.07) is 0. The maximum absolute atomic E-state index is 4.83. The molecule has 0 spiro atoms. The van der Waals surface area contributed by atoms with Crippen molar-refractivity contribution in [2.45, 2.75) is 52.6 Å². The molecule has 1 aromatic rings. The lowest BCUT2D eigenvalue weighted by molar-refractivity contribution is 0.405. The van der Waals surface area contributed by atoms with Gasteiger partial charge < -0.3 is 10.6 Å². The number of anilines is 1. The summed E-state index contributed by atoms with van der Waals surface area (Å²) < 4.78 is 0. The highest BCUT2D eigenvalue weighted by Crippen LogP contribution is 2.23. The Balaban J connectivity index is 2.23. The SMILES string of the molecule is CCCC1=CC(CC)(NCC)N=C(Nc2nc(C)cs2)N1. The molecule has 0 amide bonds. The van der Waals surface area contributed by atoms with Crippen molar-refractivity contribution in [3.63, 3.8) is 0 Å².